The second kappa shape index (κ2) is 6.23. The van der Waals surface area contributed by atoms with E-state index in [0.717, 1.165) is 25.9 Å². The van der Waals surface area contributed by atoms with Crippen molar-refractivity contribution < 1.29 is 8.42 Å². The van der Waals surface area contributed by atoms with E-state index in [0.29, 0.717) is 0 Å². The molecule has 1 aromatic heterocycles. The third-order valence-electron chi connectivity index (χ3n) is 3.30. The Kier molecular flexibility index (Phi) is 4.82. The SMILES string of the molecule is CN1CCC(NS(=O)(=O)c2cnc(NN)c(Cl)c2)CC1. The van der Waals surface area contributed by atoms with Crippen molar-refractivity contribution in [3.63, 3.8) is 0 Å². The molecule has 20 heavy (non-hydrogen) atoms. The lowest BCUT2D eigenvalue weighted by atomic mass is 10.1. The van der Waals surface area contributed by atoms with Gasteiger partial charge in [0.25, 0.3) is 0 Å². The van der Waals surface area contributed by atoms with Gasteiger partial charge in [0.15, 0.2) is 5.82 Å². The molecule has 9 heteroatoms. The number of nitrogens with zero attached hydrogens (tertiary/aromatic N) is 2. The first-order valence-corrected chi connectivity index (χ1v) is 8.11. The fourth-order valence-electron chi connectivity index (χ4n) is 2.09. The Bertz CT molecular complexity index is 572. The molecule has 1 aliphatic rings. The van der Waals surface area contributed by atoms with E-state index in [9.17, 15) is 8.42 Å². The minimum atomic E-state index is -3.61. The van der Waals surface area contributed by atoms with Gasteiger partial charge in [0, 0.05) is 12.2 Å². The van der Waals surface area contributed by atoms with Crippen molar-refractivity contribution in [2.45, 2.75) is 23.8 Å². The summed E-state index contributed by atoms with van der Waals surface area (Å²) in [4.78, 5) is 6.09. The van der Waals surface area contributed by atoms with E-state index in [1.165, 1.54) is 12.3 Å². The highest BCUT2D eigenvalue weighted by atomic mass is 35.5. The predicted octanol–water partition coefficient (Wildman–Crippen LogP) is 0.393. The number of nitrogen functional groups attached to an aromatic ring is 1. The van der Waals surface area contributed by atoms with E-state index in [1.807, 2.05) is 7.05 Å². The standard InChI is InChI=1S/C11H18ClN5O2S/c1-17-4-2-8(3-5-17)16-20(18,19)9-6-10(12)11(15-13)14-7-9/h6-8,16H,2-5,13H2,1H3,(H,14,15). The van der Waals surface area contributed by atoms with Crippen molar-refractivity contribution in [3.05, 3.63) is 17.3 Å². The zero-order valence-corrected chi connectivity index (χ0v) is 12.7. The Morgan fingerprint density at radius 3 is 2.65 bits per heavy atom. The molecule has 7 nitrogen and oxygen atoms in total. The first-order valence-electron chi connectivity index (χ1n) is 6.25. The lowest BCUT2D eigenvalue weighted by Gasteiger charge is -2.29. The monoisotopic (exact) mass is 319 g/mol. The summed E-state index contributed by atoms with van der Waals surface area (Å²) >= 11 is 5.89. The second-order valence-electron chi connectivity index (χ2n) is 4.84. The number of nitrogens with one attached hydrogen (secondary N) is 2. The average molecular weight is 320 g/mol. The van der Waals surface area contributed by atoms with Crippen molar-refractivity contribution in [1.29, 1.82) is 0 Å². The number of anilines is 1. The van der Waals surface area contributed by atoms with E-state index in [4.69, 9.17) is 17.4 Å². The number of nitrogens with two attached hydrogens (primary N) is 1. The summed E-state index contributed by atoms with van der Waals surface area (Å²) in [6.45, 7) is 1.75. The smallest absolute Gasteiger partial charge is 0.242 e. The van der Waals surface area contributed by atoms with Gasteiger partial charge in [0.2, 0.25) is 10.0 Å². The third-order valence-corrected chi connectivity index (χ3v) is 5.08. The van der Waals surface area contributed by atoms with Crippen LogP contribution in [0.5, 0.6) is 0 Å². The van der Waals surface area contributed by atoms with Crippen molar-refractivity contribution in [2.24, 2.45) is 5.84 Å². The normalized spacial score (nSPS) is 18.1. The first kappa shape index (κ1) is 15.5. The lowest BCUT2D eigenvalue weighted by Crippen LogP contribution is -2.43. The number of halogens is 1. The van der Waals surface area contributed by atoms with Gasteiger partial charge in [-0.05, 0) is 39.0 Å². The molecule has 4 N–H and O–H groups in total. The molecule has 0 bridgehead atoms. The van der Waals surface area contributed by atoms with E-state index < -0.39 is 10.0 Å². The fourth-order valence-corrected chi connectivity index (χ4v) is 3.65. The van der Waals surface area contributed by atoms with Crippen LogP contribution in [0.25, 0.3) is 0 Å². The molecule has 0 aromatic carbocycles. The van der Waals surface area contributed by atoms with Crippen LogP contribution in [0, 0.1) is 0 Å². The zero-order valence-electron chi connectivity index (χ0n) is 11.1. The van der Waals surface area contributed by atoms with Gasteiger partial charge in [-0.25, -0.2) is 24.0 Å². The number of hydrogen-bond acceptors (Lipinski definition) is 6. The van der Waals surface area contributed by atoms with Gasteiger partial charge in [-0.15, -0.1) is 0 Å². The fraction of sp³-hybridized carbons (Fsp3) is 0.545. The van der Waals surface area contributed by atoms with Crippen molar-refractivity contribution in [3.8, 4) is 0 Å². The molecule has 0 unspecified atom stereocenters. The molecule has 0 amide bonds. The van der Waals surface area contributed by atoms with Crippen LogP contribution in [0.2, 0.25) is 5.02 Å². The molecule has 0 saturated carbocycles. The van der Waals surface area contributed by atoms with Crippen LogP contribution < -0.4 is 16.0 Å². The number of likely N-dealkylation sites (tertiary alicyclic amines) is 1. The predicted molar refractivity (Wildman–Crippen MR) is 77.9 cm³/mol. The molecule has 1 aromatic rings. The summed E-state index contributed by atoms with van der Waals surface area (Å²) in [5.74, 6) is 5.45. The summed E-state index contributed by atoms with van der Waals surface area (Å²) in [6, 6.07) is 1.28. The molecule has 2 rings (SSSR count). The number of sulfonamides is 1. The van der Waals surface area contributed by atoms with Crippen molar-refractivity contribution >= 4 is 27.4 Å². The van der Waals surface area contributed by atoms with E-state index in [-0.39, 0.29) is 21.8 Å². The minimum Gasteiger partial charge on any atom is -0.307 e. The van der Waals surface area contributed by atoms with Crippen LogP contribution >= 0.6 is 11.6 Å². The molecule has 0 aliphatic carbocycles. The summed E-state index contributed by atoms with van der Waals surface area (Å²) in [7, 11) is -1.59. The third kappa shape index (κ3) is 3.58. The largest absolute Gasteiger partial charge is 0.307 e. The van der Waals surface area contributed by atoms with Crippen LogP contribution in [-0.4, -0.2) is 44.5 Å². The molecule has 1 saturated heterocycles. The van der Waals surface area contributed by atoms with Crippen LogP contribution in [0.15, 0.2) is 17.2 Å². The molecule has 1 fully saturated rings. The highest BCUT2D eigenvalue weighted by molar-refractivity contribution is 7.89. The van der Waals surface area contributed by atoms with Crippen LogP contribution in [0.4, 0.5) is 5.82 Å². The molecule has 112 valence electrons. The zero-order chi connectivity index (χ0) is 14.8. The summed E-state index contributed by atoms with van der Waals surface area (Å²) in [6.07, 6.45) is 2.82. The van der Waals surface area contributed by atoms with Crippen LogP contribution in [0.1, 0.15) is 12.8 Å². The number of rotatable bonds is 4. The van der Waals surface area contributed by atoms with Gasteiger partial charge in [-0.3, -0.25) is 0 Å². The minimum absolute atomic E-state index is 0.0421. The highest BCUT2D eigenvalue weighted by Crippen LogP contribution is 2.22. The van der Waals surface area contributed by atoms with Gasteiger partial charge in [-0.2, -0.15) is 0 Å². The number of pyridine rings is 1. The Labute approximate surface area is 123 Å². The van der Waals surface area contributed by atoms with Crippen LogP contribution in [0.3, 0.4) is 0 Å². The lowest BCUT2D eigenvalue weighted by molar-refractivity contribution is 0.248. The summed E-state index contributed by atoms with van der Waals surface area (Å²) < 4.78 is 27.2. The number of aromatic nitrogens is 1. The molecular weight excluding hydrogens is 302 g/mol. The number of hydrogen-bond donors (Lipinski definition) is 3. The molecule has 2 heterocycles. The molecule has 1 aliphatic heterocycles. The van der Waals surface area contributed by atoms with Gasteiger partial charge >= 0.3 is 0 Å². The van der Waals surface area contributed by atoms with E-state index >= 15 is 0 Å². The first-order chi connectivity index (χ1) is 9.42. The number of hydrazine groups is 1. The number of piperidine rings is 1. The Balaban J connectivity index is 2.12. The highest BCUT2D eigenvalue weighted by Gasteiger charge is 2.24. The molecule has 0 radical (unpaired) electrons. The summed E-state index contributed by atoms with van der Waals surface area (Å²) in [5.41, 5.74) is 2.30. The summed E-state index contributed by atoms with van der Waals surface area (Å²) in [5, 5.41) is 0.166. The maximum Gasteiger partial charge on any atom is 0.242 e. The molecule has 0 atom stereocenters. The van der Waals surface area contributed by atoms with Gasteiger partial charge in [-0.1, -0.05) is 11.6 Å². The Morgan fingerprint density at radius 2 is 2.10 bits per heavy atom. The van der Waals surface area contributed by atoms with E-state index in [1.54, 1.807) is 0 Å². The maximum atomic E-state index is 12.3. The van der Waals surface area contributed by atoms with Gasteiger partial charge in [0.1, 0.15) is 4.90 Å². The maximum absolute atomic E-state index is 12.3. The van der Waals surface area contributed by atoms with Gasteiger partial charge < -0.3 is 10.3 Å². The second-order valence-corrected chi connectivity index (χ2v) is 6.97. The van der Waals surface area contributed by atoms with E-state index in [2.05, 4.69) is 20.0 Å². The molecule has 0 spiro atoms. The van der Waals surface area contributed by atoms with Crippen molar-refractivity contribution in [2.75, 3.05) is 25.6 Å². The van der Waals surface area contributed by atoms with Crippen molar-refractivity contribution in [1.82, 2.24) is 14.6 Å². The Hall–Kier alpha value is -0.930. The van der Waals surface area contributed by atoms with Crippen LogP contribution in [-0.2, 0) is 10.0 Å². The quantitative estimate of drug-likeness (QED) is 0.548. The Morgan fingerprint density at radius 1 is 1.45 bits per heavy atom. The molecular formula is C11H18ClN5O2S. The average Bonchev–Trinajstić information content (AvgIpc) is 2.41. The van der Waals surface area contributed by atoms with Gasteiger partial charge in [0.05, 0.1) is 5.02 Å². The topological polar surface area (TPSA) is 100 Å².